The lowest BCUT2D eigenvalue weighted by Crippen LogP contribution is -2.07. The Balaban J connectivity index is 0.000000829. The van der Waals surface area contributed by atoms with Crippen LogP contribution in [-0.4, -0.2) is 11.6 Å². The van der Waals surface area contributed by atoms with Crippen molar-refractivity contribution < 1.29 is 9.59 Å². The highest BCUT2D eigenvalue weighted by Gasteiger charge is 2.14. The van der Waals surface area contributed by atoms with Gasteiger partial charge in [0.15, 0.2) is 11.6 Å². The van der Waals surface area contributed by atoms with Crippen LogP contribution in [0.2, 0.25) is 0 Å². The smallest absolute Gasteiger partial charge is 0.184 e. The maximum absolute atomic E-state index is 11.6. The molecule has 0 amide bonds. The molecule has 0 saturated heterocycles. The third-order valence-electron chi connectivity index (χ3n) is 2.65. The van der Waals surface area contributed by atoms with Crippen LogP contribution in [0.3, 0.4) is 0 Å². The lowest BCUT2D eigenvalue weighted by Gasteiger charge is -2.12. The highest BCUT2D eigenvalue weighted by molar-refractivity contribution is 6.09. The zero-order chi connectivity index (χ0) is 15.7. The van der Waals surface area contributed by atoms with Crippen molar-refractivity contribution in [1.82, 2.24) is 0 Å². The van der Waals surface area contributed by atoms with Crippen LogP contribution < -0.4 is 0 Å². The molecule has 0 aliphatic heterocycles. The minimum atomic E-state index is -0.00219. The van der Waals surface area contributed by atoms with E-state index in [0.717, 1.165) is 22.3 Å². The fraction of sp³-hybridized carbons (Fsp3) is 0.333. The number of ketones is 2. The largest absolute Gasteiger partial charge is 0.290 e. The van der Waals surface area contributed by atoms with Gasteiger partial charge in [0.2, 0.25) is 0 Å². The van der Waals surface area contributed by atoms with Gasteiger partial charge in [-0.05, 0) is 60.4 Å². The summed E-state index contributed by atoms with van der Waals surface area (Å²) in [4.78, 5) is 22.5. The van der Waals surface area contributed by atoms with Crippen molar-refractivity contribution >= 4 is 11.6 Å². The van der Waals surface area contributed by atoms with Crippen LogP contribution in [0.4, 0.5) is 0 Å². The van der Waals surface area contributed by atoms with Crippen molar-refractivity contribution in [3.05, 3.63) is 58.7 Å². The van der Waals surface area contributed by atoms with Crippen molar-refractivity contribution in [1.29, 1.82) is 0 Å². The van der Waals surface area contributed by atoms with E-state index in [4.69, 9.17) is 0 Å². The van der Waals surface area contributed by atoms with Crippen molar-refractivity contribution in [2.45, 2.75) is 41.5 Å². The van der Waals surface area contributed by atoms with Crippen molar-refractivity contribution in [2.75, 3.05) is 0 Å². The van der Waals surface area contributed by atoms with Crippen molar-refractivity contribution in [2.24, 2.45) is 0 Å². The number of carbonyl (C=O) groups excluding carboxylic acids is 2. The van der Waals surface area contributed by atoms with Gasteiger partial charge in [0.05, 0.1) is 0 Å². The van der Waals surface area contributed by atoms with Crippen LogP contribution in [0.25, 0.3) is 0 Å². The molecule has 0 radical (unpaired) electrons. The van der Waals surface area contributed by atoms with Gasteiger partial charge in [0.1, 0.15) is 0 Å². The van der Waals surface area contributed by atoms with E-state index in [2.05, 4.69) is 0 Å². The predicted molar refractivity (Wildman–Crippen MR) is 85.5 cm³/mol. The molecular weight excluding hydrogens is 248 g/mol. The summed E-state index contributed by atoms with van der Waals surface area (Å²) in [6.45, 7) is 11.6. The number of hydrogen-bond acceptors (Lipinski definition) is 2. The Kier molecular flexibility index (Phi) is 8.14. The first-order valence-electron chi connectivity index (χ1n) is 7.13. The lowest BCUT2D eigenvalue weighted by molar-refractivity contribution is -0.112. The lowest BCUT2D eigenvalue weighted by atomic mass is 9.91. The summed E-state index contributed by atoms with van der Waals surface area (Å²) >= 11 is 0. The fourth-order valence-corrected chi connectivity index (χ4v) is 1.76. The van der Waals surface area contributed by atoms with Gasteiger partial charge in [-0.3, -0.25) is 9.59 Å². The average molecular weight is 272 g/mol. The second kappa shape index (κ2) is 9.03. The standard InChI is InChI=1S/C14H12O2.2C2H6/c1-9-7-12(8-10(2)14(9)16)11-3-5-13(15)6-4-11;2*1-2/h3-8H,1-2H3;2*1-2H3. The molecule has 2 nitrogen and oxygen atoms in total. The number of carbonyl (C=O) groups is 2. The minimum absolute atomic E-state index is 0.00219. The Morgan fingerprint density at radius 1 is 0.650 bits per heavy atom. The van der Waals surface area contributed by atoms with Gasteiger partial charge in [-0.25, -0.2) is 0 Å². The van der Waals surface area contributed by atoms with E-state index in [0.29, 0.717) is 0 Å². The molecule has 0 aromatic carbocycles. The fourth-order valence-electron chi connectivity index (χ4n) is 1.76. The predicted octanol–water partition coefficient (Wildman–Crippen LogP) is 4.51. The zero-order valence-corrected chi connectivity index (χ0v) is 13.3. The van der Waals surface area contributed by atoms with Crippen molar-refractivity contribution in [3.8, 4) is 0 Å². The van der Waals surface area contributed by atoms with Crippen molar-refractivity contribution in [3.63, 3.8) is 0 Å². The maximum Gasteiger partial charge on any atom is 0.184 e. The van der Waals surface area contributed by atoms with Crippen LogP contribution in [-0.2, 0) is 9.59 Å². The molecule has 0 fully saturated rings. The minimum Gasteiger partial charge on any atom is -0.290 e. The van der Waals surface area contributed by atoms with Gasteiger partial charge < -0.3 is 0 Å². The van der Waals surface area contributed by atoms with Crippen LogP contribution in [0.1, 0.15) is 41.5 Å². The number of rotatable bonds is 0. The molecule has 2 aliphatic rings. The highest BCUT2D eigenvalue weighted by Crippen LogP contribution is 2.23. The van der Waals surface area contributed by atoms with E-state index in [1.807, 2.05) is 39.8 Å². The highest BCUT2D eigenvalue weighted by atomic mass is 16.1. The van der Waals surface area contributed by atoms with E-state index in [1.54, 1.807) is 26.0 Å². The summed E-state index contributed by atoms with van der Waals surface area (Å²) in [6, 6.07) is 0. The Bertz CT molecular complexity index is 482. The van der Waals surface area contributed by atoms with Gasteiger partial charge >= 0.3 is 0 Å². The van der Waals surface area contributed by atoms with Gasteiger partial charge in [0, 0.05) is 0 Å². The molecule has 0 aromatic heterocycles. The van der Waals surface area contributed by atoms with Crippen LogP contribution in [0, 0.1) is 0 Å². The molecule has 0 aromatic rings. The topological polar surface area (TPSA) is 34.1 Å². The molecule has 0 heterocycles. The third kappa shape index (κ3) is 4.61. The average Bonchev–Trinajstić information content (AvgIpc) is 2.49. The summed E-state index contributed by atoms with van der Waals surface area (Å²) in [5.74, 6) is 0.0850. The Labute approximate surface area is 122 Å². The zero-order valence-electron chi connectivity index (χ0n) is 13.3. The SMILES string of the molecule is CC.CC.CC1=CC(=C2C=CC(=O)C=C2)C=C(C)C1=O. The summed E-state index contributed by atoms with van der Waals surface area (Å²) in [5.41, 5.74) is 3.42. The Morgan fingerprint density at radius 3 is 1.45 bits per heavy atom. The van der Waals surface area contributed by atoms with Crippen LogP contribution in [0.5, 0.6) is 0 Å². The molecule has 2 rings (SSSR count). The summed E-state index contributed by atoms with van der Waals surface area (Å²) in [5, 5.41) is 0. The molecule has 0 atom stereocenters. The van der Waals surface area contributed by atoms with E-state index < -0.39 is 0 Å². The maximum atomic E-state index is 11.6. The molecule has 0 spiro atoms. The summed E-state index contributed by atoms with van der Waals surface area (Å²) < 4.78 is 0. The number of Topliss-reactive ketones (excluding diaryl/α,β-unsaturated/α-hetero) is 1. The molecule has 2 aliphatic carbocycles. The van der Waals surface area contributed by atoms with Gasteiger partial charge in [-0.1, -0.05) is 39.8 Å². The quantitative estimate of drug-likeness (QED) is 0.650. The van der Waals surface area contributed by atoms with E-state index in [9.17, 15) is 9.59 Å². The first-order chi connectivity index (χ1) is 9.58. The van der Waals surface area contributed by atoms with Gasteiger partial charge in [-0.2, -0.15) is 0 Å². The number of hydrogen-bond donors (Lipinski definition) is 0. The number of allylic oxidation sites excluding steroid dienone is 10. The van der Waals surface area contributed by atoms with Crippen LogP contribution >= 0.6 is 0 Å². The normalized spacial score (nSPS) is 16.7. The van der Waals surface area contributed by atoms with Crippen LogP contribution in [0.15, 0.2) is 58.7 Å². The summed E-state index contributed by atoms with van der Waals surface area (Å²) in [6.07, 6.45) is 10.3. The first-order valence-corrected chi connectivity index (χ1v) is 7.13. The summed E-state index contributed by atoms with van der Waals surface area (Å²) in [7, 11) is 0. The molecule has 0 N–H and O–H groups in total. The molecule has 20 heavy (non-hydrogen) atoms. The van der Waals surface area contributed by atoms with Gasteiger partial charge in [0.25, 0.3) is 0 Å². The Hall–Kier alpha value is -1.96. The van der Waals surface area contributed by atoms with E-state index in [-0.39, 0.29) is 11.6 Å². The Morgan fingerprint density at radius 2 is 1.05 bits per heavy atom. The second-order valence-corrected chi connectivity index (χ2v) is 3.96. The molecular formula is C18H24O2. The molecule has 2 heteroatoms. The second-order valence-electron chi connectivity index (χ2n) is 3.96. The molecule has 0 unspecified atom stereocenters. The van der Waals surface area contributed by atoms with Gasteiger partial charge in [-0.15, -0.1) is 0 Å². The molecule has 0 saturated carbocycles. The molecule has 108 valence electrons. The molecule has 0 bridgehead atoms. The third-order valence-corrected chi connectivity index (χ3v) is 2.65. The monoisotopic (exact) mass is 272 g/mol. The first kappa shape index (κ1) is 18.0. The van der Waals surface area contributed by atoms with E-state index >= 15 is 0 Å². The van der Waals surface area contributed by atoms with E-state index in [1.165, 1.54) is 12.2 Å².